The van der Waals surface area contributed by atoms with E-state index in [1.807, 2.05) is 0 Å². The molecule has 0 amide bonds. The molecular formula is C8H10N2O3. The molecule has 5 heteroatoms. The molecule has 0 bridgehead atoms. The van der Waals surface area contributed by atoms with Gasteiger partial charge in [0.25, 0.3) is 0 Å². The van der Waals surface area contributed by atoms with Gasteiger partial charge in [-0.15, -0.1) is 0 Å². The van der Waals surface area contributed by atoms with Crippen molar-refractivity contribution in [2.45, 2.75) is 18.9 Å². The highest BCUT2D eigenvalue weighted by molar-refractivity contribution is 5.85. The van der Waals surface area contributed by atoms with Crippen molar-refractivity contribution in [3.8, 4) is 0 Å². The van der Waals surface area contributed by atoms with Crippen LogP contribution in [0.2, 0.25) is 0 Å². The molecule has 2 rings (SSSR count). The second kappa shape index (κ2) is 2.48. The summed E-state index contributed by atoms with van der Waals surface area (Å²) in [6.07, 6.45) is 3.18. The normalized spacial score (nSPS) is 16.1. The molecule has 1 N–H and O–H groups in total. The Morgan fingerprint density at radius 1 is 1.62 bits per heavy atom. The molecule has 1 heterocycles. The molecule has 0 saturated heterocycles. The molecule has 1 fully saturated rings. The molecular weight excluding hydrogens is 172 g/mol. The largest absolute Gasteiger partial charge is 0.477 e. The summed E-state index contributed by atoms with van der Waals surface area (Å²) in [5, 5.41) is 8.81. The number of imidazole rings is 1. The third-order valence-electron chi connectivity index (χ3n) is 2.21. The van der Waals surface area contributed by atoms with Crippen LogP contribution in [0.15, 0.2) is 11.0 Å². The van der Waals surface area contributed by atoms with E-state index in [0.717, 1.165) is 12.8 Å². The highest BCUT2D eigenvalue weighted by Crippen LogP contribution is 2.34. The summed E-state index contributed by atoms with van der Waals surface area (Å²) in [6, 6.07) is 0.111. The second-order valence-corrected chi connectivity index (χ2v) is 3.31. The number of carboxylic acids is 1. The van der Waals surface area contributed by atoms with E-state index in [4.69, 9.17) is 5.11 Å². The Balaban J connectivity index is 2.61. The number of aromatic carboxylic acids is 1. The van der Waals surface area contributed by atoms with Gasteiger partial charge >= 0.3 is 11.7 Å². The first kappa shape index (κ1) is 8.10. The monoisotopic (exact) mass is 182 g/mol. The highest BCUT2D eigenvalue weighted by Gasteiger charge is 2.30. The number of aromatic nitrogens is 2. The molecule has 5 nitrogen and oxygen atoms in total. The average molecular weight is 182 g/mol. The van der Waals surface area contributed by atoms with Gasteiger partial charge in [0, 0.05) is 19.3 Å². The average Bonchev–Trinajstić information content (AvgIpc) is 2.82. The zero-order valence-electron chi connectivity index (χ0n) is 7.23. The minimum atomic E-state index is -1.04. The first-order valence-corrected chi connectivity index (χ1v) is 4.12. The van der Waals surface area contributed by atoms with Crippen molar-refractivity contribution in [3.05, 3.63) is 22.4 Å². The van der Waals surface area contributed by atoms with Crippen LogP contribution in [0.4, 0.5) is 0 Å². The summed E-state index contributed by atoms with van der Waals surface area (Å²) in [5.41, 5.74) is -0.144. The van der Waals surface area contributed by atoms with Crippen LogP contribution in [0.25, 0.3) is 0 Å². The third kappa shape index (κ3) is 1.16. The number of carboxylic acid groups (broad SMARTS) is 1. The molecule has 1 saturated carbocycles. The molecule has 0 atom stereocenters. The van der Waals surface area contributed by atoms with E-state index >= 15 is 0 Å². The van der Waals surface area contributed by atoms with Crippen molar-refractivity contribution in [2.24, 2.45) is 7.05 Å². The van der Waals surface area contributed by atoms with Gasteiger partial charge < -0.3 is 9.67 Å². The van der Waals surface area contributed by atoms with Crippen molar-refractivity contribution >= 4 is 5.97 Å². The van der Waals surface area contributed by atoms with E-state index in [9.17, 15) is 9.59 Å². The molecule has 70 valence electrons. The minimum absolute atomic E-state index is 0.0926. The first-order chi connectivity index (χ1) is 6.11. The van der Waals surface area contributed by atoms with Gasteiger partial charge in [0.2, 0.25) is 0 Å². The van der Waals surface area contributed by atoms with E-state index in [2.05, 4.69) is 0 Å². The highest BCUT2D eigenvalue weighted by atomic mass is 16.4. The zero-order valence-corrected chi connectivity index (χ0v) is 7.23. The Kier molecular flexibility index (Phi) is 1.55. The van der Waals surface area contributed by atoms with Gasteiger partial charge in [0.15, 0.2) is 0 Å². The third-order valence-corrected chi connectivity index (χ3v) is 2.21. The maximum absolute atomic E-state index is 11.4. The fraction of sp³-hybridized carbons (Fsp3) is 0.500. The standard InChI is InChI=1S/C8H10N2O3/c1-9-4-6(7(11)12)10(8(9)13)5-2-3-5/h4-5H,2-3H2,1H3,(H,11,12). The molecule has 1 aliphatic rings. The first-order valence-electron chi connectivity index (χ1n) is 4.12. The van der Waals surface area contributed by atoms with Crippen LogP contribution in [0.3, 0.4) is 0 Å². The lowest BCUT2D eigenvalue weighted by molar-refractivity contribution is 0.0684. The molecule has 0 spiro atoms. The zero-order chi connectivity index (χ0) is 9.59. The molecule has 0 unspecified atom stereocenters. The Bertz CT molecular complexity index is 412. The summed E-state index contributed by atoms with van der Waals surface area (Å²) in [4.78, 5) is 22.2. The molecule has 1 aromatic heterocycles. The van der Waals surface area contributed by atoms with Crippen LogP contribution in [0.1, 0.15) is 29.4 Å². The van der Waals surface area contributed by atoms with Crippen LogP contribution in [0.5, 0.6) is 0 Å². The fourth-order valence-corrected chi connectivity index (χ4v) is 1.42. The molecule has 0 aromatic carbocycles. The van der Waals surface area contributed by atoms with Crippen molar-refractivity contribution in [3.63, 3.8) is 0 Å². The van der Waals surface area contributed by atoms with Crippen LogP contribution < -0.4 is 5.69 Å². The van der Waals surface area contributed by atoms with Crippen molar-refractivity contribution in [2.75, 3.05) is 0 Å². The number of aryl methyl sites for hydroxylation is 1. The number of carbonyl (C=O) groups is 1. The van der Waals surface area contributed by atoms with E-state index in [1.54, 1.807) is 7.05 Å². The molecule has 1 aliphatic carbocycles. The van der Waals surface area contributed by atoms with Gasteiger partial charge in [0.05, 0.1) is 0 Å². The van der Waals surface area contributed by atoms with E-state index in [0.29, 0.717) is 0 Å². The number of hydrogen-bond acceptors (Lipinski definition) is 2. The SMILES string of the molecule is Cn1cc(C(=O)O)n(C2CC2)c1=O. The van der Waals surface area contributed by atoms with E-state index < -0.39 is 5.97 Å². The van der Waals surface area contributed by atoms with Crippen molar-refractivity contribution < 1.29 is 9.90 Å². The summed E-state index contributed by atoms with van der Waals surface area (Å²) in [6.45, 7) is 0. The van der Waals surface area contributed by atoms with Crippen LogP contribution in [-0.2, 0) is 7.05 Å². The summed E-state index contributed by atoms with van der Waals surface area (Å²) in [7, 11) is 1.56. The summed E-state index contributed by atoms with van der Waals surface area (Å²) < 4.78 is 2.67. The Morgan fingerprint density at radius 2 is 2.23 bits per heavy atom. The smallest absolute Gasteiger partial charge is 0.354 e. The Morgan fingerprint density at radius 3 is 2.69 bits per heavy atom. The lowest BCUT2D eigenvalue weighted by atomic mass is 10.4. The van der Waals surface area contributed by atoms with Gasteiger partial charge in [-0.1, -0.05) is 0 Å². The van der Waals surface area contributed by atoms with Crippen LogP contribution >= 0.6 is 0 Å². The molecule has 0 aliphatic heterocycles. The Labute approximate surface area is 74.2 Å². The second-order valence-electron chi connectivity index (χ2n) is 3.31. The predicted octanol–water partition coefficient (Wildman–Crippen LogP) is 0.220. The molecule has 0 radical (unpaired) electrons. The van der Waals surface area contributed by atoms with Gasteiger partial charge in [-0.05, 0) is 12.8 Å². The summed E-state index contributed by atoms with van der Waals surface area (Å²) >= 11 is 0. The van der Waals surface area contributed by atoms with E-state index in [-0.39, 0.29) is 17.4 Å². The van der Waals surface area contributed by atoms with Crippen LogP contribution in [-0.4, -0.2) is 20.2 Å². The van der Waals surface area contributed by atoms with Gasteiger partial charge in [-0.25, -0.2) is 9.59 Å². The van der Waals surface area contributed by atoms with E-state index in [1.165, 1.54) is 15.3 Å². The molecule has 13 heavy (non-hydrogen) atoms. The molecule has 1 aromatic rings. The topological polar surface area (TPSA) is 64.2 Å². The lowest BCUT2D eigenvalue weighted by Crippen LogP contribution is -2.23. The number of rotatable bonds is 2. The van der Waals surface area contributed by atoms with Gasteiger partial charge in [0.1, 0.15) is 5.69 Å². The maximum Gasteiger partial charge on any atom is 0.354 e. The quantitative estimate of drug-likeness (QED) is 0.711. The number of hydrogen-bond donors (Lipinski definition) is 1. The van der Waals surface area contributed by atoms with Crippen molar-refractivity contribution in [1.29, 1.82) is 0 Å². The Hall–Kier alpha value is -1.52. The minimum Gasteiger partial charge on any atom is -0.477 e. The predicted molar refractivity (Wildman–Crippen MR) is 44.9 cm³/mol. The fourth-order valence-electron chi connectivity index (χ4n) is 1.42. The number of nitrogens with zero attached hydrogens (tertiary/aromatic N) is 2. The van der Waals surface area contributed by atoms with Crippen LogP contribution in [0, 0.1) is 0 Å². The summed E-state index contributed by atoms with van der Waals surface area (Å²) in [5.74, 6) is -1.04. The van der Waals surface area contributed by atoms with Gasteiger partial charge in [-0.3, -0.25) is 4.57 Å². The lowest BCUT2D eigenvalue weighted by Gasteiger charge is -1.98. The maximum atomic E-state index is 11.4. The van der Waals surface area contributed by atoms with Gasteiger partial charge in [-0.2, -0.15) is 0 Å². The van der Waals surface area contributed by atoms with Crippen molar-refractivity contribution in [1.82, 2.24) is 9.13 Å².